The zero-order chi connectivity index (χ0) is 13.8. The highest BCUT2D eigenvalue weighted by Gasteiger charge is 2.18. The summed E-state index contributed by atoms with van der Waals surface area (Å²) >= 11 is 3.17. The molecule has 6 heteroatoms. The fourth-order valence-electron chi connectivity index (χ4n) is 2.13. The molecular formula is C13H15BrN2O3. The molecule has 1 atom stereocenters. The Kier molecular flexibility index (Phi) is 4.55. The molecule has 1 fully saturated rings. The lowest BCUT2D eigenvalue weighted by Crippen LogP contribution is -2.18. The number of nitrogens with one attached hydrogen (secondary N) is 2. The van der Waals surface area contributed by atoms with Gasteiger partial charge < -0.3 is 15.7 Å². The van der Waals surface area contributed by atoms with Crippen molar-refractivity contribution < 1.29 is 14.7 Å². The van der Waals surface area contributed by atoms with Gasteiger partial charge in [0.15, 0.2) is 0 Å². The number of benzene rings is 1. The highest BCUT2D eigenvalue weighted by Crippen LogP contribution is 2.22. The Morgan fingerprint density at radius 2 is 2.26 bits per heavy atom. The Hall–Kier alpha value is -1.40. The minimum absolute atomic E-state index is 0.0765. The molecule has 0 radical (unpaired) electrons. The van der Waals surface area contributed by atoms with E-state index in [9.17, 15) is 9.59 Å². The van der Waals surface area contributed by atoms with Crippen molar-refractivity contribution in [3.05, 3.63) is 28.2 Å². The van der Waals surface area contributed by atoms with Gasteiger partial charge in [-0.1, -0.05) is 0 Å². The van der Waals surface area contributed by atoms with Gasteiger partial charge in [0.05, 0.1) is 5.56 Å². The van der Waals surface area contributed by atoms with Crippen LogP contribution in [0.5, 0.6) is 0 Å². The molecule has 1 aromatic rings. The molecule has 0 spiro atoms. The molecule has 102 valence electrons. The molecule has 5 nitrogen and oxygen atoms in total. The summed E-state index contributed by atoms with van der Waals surface area (Å²) in [6.07, 6.45) is 1.47. The maximum atomic E-state index is 11.8. The molecular weight excluding hydrogens is 312 g/mol. The molecule has 0 bridgehead atoms. The van der Waals surface area contributed by atoms with Gasteiger partial charge in [0.2, 0.25) is 5.91 Å². The minimum atomic E-state index is -1.03. The van der Waals surface area contributed by atoms with Crippen LogP contribution < -0.4 is 10.6 Å². The van der Waals surface area contributed by atoms with Crippen LogP contribution >= 0.6 is 15.9 Å². The van der Waals surface area contributed by atoms with Crippen molar-refractivity contribution in [2.45, 2.75) is 12.8 Å². The first-order valence-electron chi connectivity index (χ1n) is 6.09. The molecule has 1 aliphatic heterocycles. The Bertz CT molecular complexity index is 499. The number of carboxylic acid groups (broad SMARTS) is 1. The van der Waals surface area contributed by atoms with Gasteiger partial charge in [0, 0.05) is 16.6 Å². The number of rotatable bonds is 4. The lowest BCUT2D eigenvalue weighted by atomic mass is 10.0. The van der Waals surface area contributed by atoms with E-state index in [0.29, 0.717) is 22.5 Å². The number of anilines is 1. The second-order valence-electron chi connectivity index (χ2n) is 4.61. The quantitative estimate of drug-likeness (QED) is 0.791. The second-order valence-corrected chi connectivity index (χ2v) is 5.47. The van der Waals surface area contributed by atoms with Crippen LogP contribution in [0, 0.1) is 5.92 Å². The molecule has 0 aliphatic carbocycles. The van der Waals surface area contributed by atoms with Crippen LogP contribution in [0.2, 0.25) is 0 Å². The maximum Gasteiger partial charge on any atom is 0.336 e. The molecule has 0 aromatic heterocycles. The second kappa shape index (κ2) is 6.16. The largest absolute Gasteiger partial charge is 0.478 e. The molecule has 1 amide bonds. The monoisotopic (exact) mass is 326 g/mol. The summed E-state index contributed by atoms with van der Waals surface area (Å²) < 4.78 is 0.498. The molecule has 1 unspecified atom stereocenters. The van der Waals surface area contributed by atoms with Crippen LogP contribution in [0.25, 0.3) is 0 Å². The predicted molar refractivity (Wildman–Crippen MR) is 75.3 cm³/mol. The third kappa shape index (κ3) is 3.78. The highest BCUT2D eigenvalue weighted by atomic mass is 79.9. The van der Waals surface area contributed by atoms with Gasteiger partial charge in [0.1, 0.15) is 0 Å². The normalized spacial score (nSPS) is 18.3. The molecule has 0 saturated carbocycles. The Labute approximate surface area is 119 Å². The van der Waals surface area contributed by atoms with Crippen molar-refractivity contribution in [2.75, 3.05) is 18.4 Å². The van der Waals surface area contributed by atoms with Gasteiger partial charge in [0.25, 0.3) is 0 Å². The number of carbonyl (C=O) groups excluding carboxylic acids is 1. The fraction of sp³-hybridized carbons (Fsp3) is 0.385. The third-order valence-corrected chi connectivity index (χ3v) is 3.81. The van der Waals surface area contributed by atoms with Crippen LogP contribution in [0.15, 0.2) is 22.7 Å². The smallest absolute Gasteiger partial charge is 0.336 e. The topological polar surface area (TPSA) is 78.4 Å². The average Bonchev–Trinajstić information content (AvgIpc) is 2.84. The SMILES string of the molecule is O=C(CC1CCNC1)Nc1ccc(Br)c(C(=O)O)c1. The van der Waals surface area contributed by atoms with Gasteiger partial charge in [-0.2, -0.15) is 0 Å². The molecule has 1 aliphatic rings. The lowest BCUT2D eigenvalue weighted by Gasteiger charge is -2.10. The highest BCUT2D eigenvalue weighted by molar-refractivity contribution is 9.10. The summed E-state index contributed by atoms with van der Waals surface area (Å²) in [7, 11) is 0. The van der Waals surface area contributed by atoms with Crippen LogP contribution in [-0.4, -0.2) is 30.1 Å². The van der Waals surface area contributed by atoms with Crippen LogP contribution in [0.4, 0.5) is 5.69 Å². The zero-order valence-corrected chi connectivity index (χ0v) is 11.9. The minimum Gasteiger partial charge on any atom is -0.478 e. The van der Waals surface area contributed by atoms with E-state index >= 15 is 0 Å². The molecule has 3 N–H and O–H groups in total. The van der Waals surface area contributed by atoms with E-state index in [-0.39, 0.29) is 11.5 Å². The third-order valence-electron chi connectivity index (χ3n) is 3.12. The van der Waals surface area contributed by atoms with Gasteiger partial charge >= 0.3 is 5.97 Å². The predicted octanol–water partition coefficient (Wildman–Crippen LogP) is 2.09. The summed E-state index contributed by atoms with van der Waals surface area (Å²) in [4.78, 5) is 22.8. The number of carboxylic acids is 1. The Balaban J connectivity index is 2.00. The van der Waals surface area contributed by atoms with E-state index in [2.05, 4.69) is 26.6 Å². The van der Waals surface area contributed by atoms with Gasteiger partial charge in [-0.05, 0) is 59.6 Å². The average molecular weight is 327 g/mol. The van der Waals surface area contributed by atoms with Crippen molar-refractivity contribution in [3.8, 4) is 0 Å². The van der Waals surface area contributed by atoms with E-state index in [1.54, 1.807) is 12.1 Å². The van der Waals surface area contributed by atoms with Crippen LogP contribution in [-0.2, 0) is 4.79 Å². The number of hydrogen-bond acceptors (Lipinski definition) is 3. The molecule has 1 heterocycles. The summed E-state index contributed by atoms with van der Waals surface area (Å²) in [5.41, 5.74) is 0.650. The molecule has 1 saturated heterocycles. The van der Waals surface area contributed by atoms with Crippen molar-refractivity contribution >= 4 is 33.5 Å². The first-order chi connectivity index (χ1) is 9.06. The number of aromatic carboxylic acids is 1. The van der Waals surface area contributed by atoms with E-state index in [4.69, 9.17) is 5.11 Å². The van der Waals surface area contributed by atoms with Crippen molar-refractivity contribution in [3.63, 3.8) is 0 Å². The van der Waals surface area contributed by atoms with E-state index in [1.165, 1.54) is 6.07 Å². The first-order valence-corrected chi connectivity index (χ1v) is 6.89. The number of carbonyl (C=O) groups is 2. The van der Waals surface area contributed by atoms with Gasteiger partial charge in [-0.3, -0.25) is 4.79 Å². The summed E-state index contributed by atoms with van der Waals surface area (Å²) in [5, 5.41) is 15.0. The van der Waals surface area contributed by atoms with E-state index in [0.717, 1.165) is 19.5 Å². The maximum absolute atomic E-state index is 11.8. The summed E-state index contributed by atoms with van der Waals surface area (Å²) in [6, 6.07) is 4.76. The number of halogens is 1. The zero-order valence-electron chi connectivity index (χ0n) is 10.3. The number of amides is 1. The summed E-state index contributed by atoms with van der Waals surface area (Å²) in [6.45, 7) is 1.83. The fourth-order valence-corrected chi connectivity index (χ4v) is 2.55. The Morgan fingerprint density at radius 1 is 1.47 bits per heavy atom. The van der Waals surface area contributed by atoms with E-state index < -0.39 is 5.97 Å². The lowest BCUT2D eigenvalue weighted by molar-refractivity contribution is -0.116. The summed E-state index contributed by atoms with van der Waals surface area (Å²) in [5.74, 6) is -0.732. The van der Waals surface area contributed by atoms with Crippen molar-refractivity contribution in [1.82, 2.24) is 5.32 Å². The first kappa shape index (κ1) is 14.0. The Morgan fingerprint density at radius 3 is 2.89 bits per heavy atom. The van der Waals surface area contributed by atoms with Gasteiger partial charge in [-0.25, -0.2) is 4.79 Å². The van der Waals surface area contributed by atoms with Crippen molar-refractivity contribution in [2.24, 2.45) is 5.92 Å². The molecule has 1 aromatic carbocycles. The van der Waals surface area contributed by atoms with Gasteiger partial charge in [-0.15, -0.1) is 0 Å². The number of hydrogen-bond donors (Lipinski definition) is 3. The van der Waals surface area contributed by atoms with Crippen molar-refractivity contribution in [1.29, 1.82) is 0 Å². The molecule has 2 rings (SSSR count). The standard InChI is InChI=1S/C13H15BrN2O3/c14-11-2-1-9(6-10(11)13(18)19)16-12(17)5-8-3-4-15-7-8/h1-2,6,8,15H,3-5,7H2,(H,16,17)(H,18,19). The molecule has 19 heavy (non-hydrogen) atoms. The van der Waals surface area contributed by atoms with E-state index in [1.807, 2.05) is 0 Å². The van der Waals surface area contributed by atoms with Crippen LogP contribution in [0.3, 0.4) is 0 Å². The van der Waals surface area contributed by atoms with Crippen LogP contribution in [0.1, 0.15) is 23.2 Å².